The third-order valence-electron chi connectivity index (χ3n) is 4.01. The van der Waals surface area contributed by atoms with E-state index < -0.39 is 5.41 Å². The molecule has 0 spiro atoms. The maximum absolute atomic E-state index is 11.9. The molecule has 1 aliphatic heterocycles. The Morgan fingerprint density at radius 3 is 2.84 bits per heavy atom. The molecule has 7 nitrogen and oxygen atoms in total. The smallest absolute Gasteiger partial charge is 0.311 e. The van der Waals surface area contributed by atoms with Crippen molar-refractivity contribution in [3.8, 4) is 0 Å². The summed E-state index contributed by atoms with van der Waals surface area (Å²) in [5.74, 6) is -0.227. The van der Waals surface area contributed by atoms with E-state index in [4.69, 9.17) is 4.74 Å². The van der Waals surface area contributed by atoms with Crippen LogP contribution in [0.15, 0.2) is 22.7 Å². The topological polar surface area (TPSA) is 84.7 Å². The first-order valence-corrected chi connectivity index (χ1v) is 9.02. The maximum Gasteiger partial charge on any atom is 0.311 e. The molecule has 0 bridgehead atoms. The summed E-state index contributed by atoms with van der Waals surface area (Å²) in [6.45, 7) is 8.47. The summed E-state index contributed by atoms with van der Waals surface area (Å²) in [7, 11) is 0. The first kappa shape index (κ1) is 19.8. The van der Waals surface area contributed by atoms with Crippen molar-refractivity contribution in [2.75, 3.05) is 26.2 Å². The number of nitrogens with zero attached hydrogens (tertiary/aromatic N) is 2. The van der Waals surface area contributed by atoms with Crippen LogP contribution < -0.4 is 5.32 Å². The van der Waals surface area contributed by atoms with E-state index in [1.165, 1.54) is 6.07 Å². The van der Waals surface area contributed by atoms with Crippen LogP contribution in [0.5, 0.6) is 0 Å². The van der Waals surface area contributed by atoms with Crippen molar-refractivity contribution in [2.24, 2.45) is 5.41 Å². The summed E-state index contributed by atoms with van der Waals surface area (Å²) in [6.07, 6.45) is 0. The Morgan fingerprint density at radius 2 is 2.20 bits per heavy atom. The SMILES string of the molecule is CC(C)(C)C(=O)OCC1CN(Cc2ccc(Br)cc2[N+](=O)[O-])CCN1. The Hall–Kier alpha value is -1.51. The monoisotopic (exact) mass is 413 g/mol. The molecular formula is C17H24BrN3O4. The predicted molar refractivity (Wildman–Crippen MR) is 98.3 cm³/mol. The number of esters is 1. The summed E-state index contributed by atoms with van der Waals surface area (Å²) in [6, 6.07) is 5.14. The van der Waals surface area contributed by atoms with Crippen molar-refractivity contribution in [3.05, 3.63) is 38.3 Å². The van der Waals surface area contributed by atoms with Crippen LogP contribution in [0.1, 0.15) is 26.3 Å². The van der Waals surface area contributed by atoms with Crippen LogP contribution in [0.2, 0.25) is 0 Å². The van der Waals surface area contributed by atoms with Crippen LogP contribution in [-0.4, -0.2) is 48.1 Å². The average Bonchev–Trinajstić information content (AvgIpc) is 2.53. The molecule has 1 fully saturated rings. The first-order chi connectivity index (χ1) is 11.7. The second kappa shape index (κ2) is 8.25. The van der Waals surface area contributed by atoms with Crippen LogP contribution in [0, 0.1) is 15.5 Å². The molecule has 1 unspecified atom stereocenters. The van der Waals surface area contributed by atoms with Gasteiger partial charge in [0.25, 0.3) is 5.69 Å². The van der Waals surface area contributed by atoms with Gasteiger partial charge < -0.3 is 10.1 Å². The largest absolute Gasteiger partial charge is 0.464 e. The number of rotatable bonds is 5. The van der Waals surface area contributed by atoms with Crippen molar-refractivity contribution < 1.29 is 14.5 Å². The summed E-state index contributed by atoms with van der Waals surface area (Å²) in [4.78, 5) is 24.9. The van der Waals surface area contributed by atoms with Crippen LogP contribution in [0.4, 0.5) is 5.69 Å². The van der Waals surface area contributed by atoms with E-state index >= 15 is 0 Å². The van der Waals surface area contributed by atoms with Gasteiger partial charge in [0.05, 0.1) is 16.4 Å². The lowest BCUT2D eigenvalue weighted by Crippen LogP contribution is -2.52. The van der Waals surface area contributed by atoms with Gasteiger partial charge in [0.2, 0.25) is 0 Å². The van der Waals surface area contributed by atoms with E-state index in [0.717, 1.165) is 13.1 Å². The maximum atomic E-state index is 11.9. The second-order valence-corrected chi connectivity index (χ2v) is 8.18. The van der Waals surface area contributed by atoms with Gasteiger partial charge in [-0.15, -0.1) is 0 Å². The molecule has 0 aliphatic carbocycles. The van der Waals surface area contributed by atoms with Gasteiger partial charge in [-0.2, -0.15) is 0 Å². The normalized spacial score (nSPS) is 18.8. The molecule has 0 radical (unpaired) electrons. The Balaban J connectivity index is 1.96. The molecule has 1 aliphatic rings. The zero-order valence-corrected chi connectivity index (χ0v) is 16.3. The van der Waals surface area contributed by atoms with Gasteiger partial charge in [-0.3, -0.25) is 19.8 Å². The lowest BCUT2D eigenvalue weighted by atomic mass is 9.97. The van der Waals surface area contributed by atoms with E-state index in [0.29, 0.717) is 29.7 Å². The Labute approximate surface area is 156 Å². The standard InChI is InChI=1S/C17H24BrN3O4/c1-17(2,3)16(22)25-11-14-10-20(7-6-19-14)9-12-4-5-13(18)8-15(12)21(23)24/h4-5,8,14,19H,6-7,9-11H2,1-3H3. The molecule has 1 saturated heterocycles. The minimum absolute atomic E-state index is 0.0227. The van der Waals surface area contributed by atoms with Crippen LogP contribution >= 0.6 is 15.9 Å². The number of hydrogen-bond acceptors (Lipinski definition) is 6. The molecule has 1 aromatic rings. The molecule has 25 heavy (non-hydrogen) atoms. The summed E-state index contributed by atoms with van der Waals surface area (Å²) < 4.78 is 6.07. The van der Waals surface area contributed by atoms with E-state index in [9.17, 15) is 14.9 Å². The molecule has 0 amide bonds. The van der Waals surface area contributed by atoms with Gasteiger partial charge in [0, 0.05) is 42.3 Å². The quantitative estimate of drug-likeness (QED) is 0.453. The highest BCUT2D eigenvalue weighted by molar-refractivity contribution is 9.10. The first-order valence-electron chi connectivity index (χ1n) is 8.22. The number of ether oxygens (including phenoxy) is 1. The average molecular weight is 414 g/mol. The molecule has 0 saturated carbocycles. The number of carbonyl (C=O) groups excluding carboxylic acids is 1. The lowest BCUT2D eigenvalue weighted by molar-refractivity contribution is -0.385. The zero-order chi connectivity index (χ0) is 18.6. The van der Waals surface area contributed by atoms with E-state index in [-0.39, 0.29) is 22.6 Å². The molecular weight excluding hydrogens is 390 g/mol. The van der Waals surface area contributed by atoms with Gasteiger partial charge in [-0.25, -0.2) is 0 Å². The number of benzene rings is 1. The van der Waals surface area contributed by atoms with Crippen LogP contribution in [0.3, 0.4) is 0 Å². The fourth-order valence-electron chi connectivity index (χ4n) is 2.62. The molecule has 1 N–H and O–H groups in total. The minimum atomic E-state index is -0.521. The number of nitro groups is 1. The van der Waals surface area contributed by atoms with Crippen molar-refractivity contribution in [1.82, 2.24) is 10.2 Å². The Morgan fingerprint density at radius 1 is 1.48 bits per heavy atom. The van der Waals surface area contributed by atoms with Crippen molar-refractivity contribution >= 4 is 27.6 Å². The third kappa shape index (κ3) is 5.76. The highest BCUT2D eigenvalue weighted by Crippen LogP contribution is 2.25. The van der Waals surface area contributed by atoms with Gasteiger partial charge in [0.15, 0.2) is 0 Å². The third-order valence-corrected chi connectivity index (χ3v) is 4.50. The van der Waals surface area contributed by atoms with Crippen molar-refractivity contribution in [1.29, 1.82) is 0 Å². The van der Waals surface area contributed by atoms with Gasteiger partial charge in [-0.1, -0.05) is 15.9 Å². The number of piperazine rings is 1. The number of halogens is 1. The molecule has 1 heterocycles. The minimum Gasteiger partial charge on any atom is -0.464 e. The van der Waals surface area contributed by atoms with E-state index in [1.807, 2.05) is 26.8 Å². The van der Waals surface area contributed by atoms with E-state index in [2.05, 4.69) is 26.1 Å². The fraction of sp³-hybridized carbons (Fsp3) is 0.588. The zero-order valence-electron chi connectivity index (χ0n) is 14.8. The molecule has 2 rings (SSSR count). The molecule has 138 valence electrons. The second-order valence-electron chi connectivity index (χ2n) is 7.26. The van der Waals surface area contributed by atoms with Crippen molar-refractivity contribution in [3.63, 3.8) is 0 Å². The van der Waals surface area contributed by atoms with Gasteiger partial charge >= 0.3 is 5.97 Å². The predicted octanol–water partition coefficient (Wildman–Crippen LogP) is 2.72. The Bertz CT molecular complexity index is 645. The highest BCUT2D eigenvalue weighted by atomic mass is 79.9. The molecule has 1 aromatic carbocycles. The highest BCUT2D eigenvalue weighted by Gasteiger charge is 2.27. The lowest BCUT2D eigenvalue weighted by Gasteiger charge is -2.33. The van der Waals surface area contributed by atoms with Crippen molar-refractivity contribution in [2.45, 2.75) is 33.4 Å². The van der Waals surface area contributed by atoms with Crippen LogP contribution in [-0.2, 0) is 16.1 Å². The van der Waals surface area contributed by atoms with Crippen LogP contribution in [0.25, 0.3) is 0 Å². The summed E-state index contributed by atoms with van der Waals surface area (Å²) >= 11 is 3.27. The molecule has 8 heteroatoms. The summed E-state index contributed by atoms with van der Waals surface area (Å²) in [5, 5.41) is 14.6. The number of carbonyl (C=O) groups is 1. The van der Waals surface area contributed by atoms with Gasteiger partial charge in [0.1, 0.15) is 6.61 Å². The fourth-order valence-corrected chi connectivity index (χ4v) is 2.97. The molecule has 0 aromatic heterocycles. The number of nitrogens with one attached hydrogen (secondary N) is 1. The van der Waals surface area contributed by atoms with E-state index in [1.54, 1.807) is 6.07 Å². The Kier molecular flexibility index (Phi) is 6.53. The van der Waals surface area contributed by atoms with Gasteiger partial charge in [-0.05, 0) is 32.9 Å². The number of hydrogen-bond donors (Lipinski definition) is 1. The summed E-state index contributed by atoms with van der Waals surface area (Å²) in [5.41, 5.74) is 0.274. The number of nitro benzene ring substituents is 1. The molecule has 1 atom stereocenters.